The van der Waals surface area contributed by atoms with E-state index in [4.69, 9.17) is 10.8 Å². The minimum absolute atomic E-state index is 0.0228. The molecule has 0 heterocycles. The monoisotopic (exact) mass is 291 g/mol. The standard InChI is InChI=1S/C13H16F3NO3/c1-8(6-10(7-17)12(18)19)9-2-4-11(5-3-9)20-13(14,15)16/h2-5,8,10H,6-7,17H2,1H3,(H,18,19). The first kappa shape index (κ1) is 16.3. The van der Waals surface area contributed by atoms with E-state index in [1.54, 1.807) is 6.92 Å². The first-order valence-electron chi connectivity index (χ1n) is 6.01. The van der Waals surface area contributed by atoms with Gasteiger partial charge in [-0.05, 0) is 30.0 Å². The Morgan fingerprint density at radius 1 is 1.35 bits per heavy atom. The van der Waals surface area contributed by atoms with Gasteiger partial charge in [-0.1, -0.05) is 19.1 Å². The minimum atomic E-state index is -4.72. The third kappa shape index (κ3) is 5.08. The molecule has 0 fully saturated rings. The number of halogens is 3. The molecule has 0 aliphatic heterocycles. The van der Waals surface area contributed by atoms with E-state index in [-0.39, 0.29) is 18.2 Å². The lowest BCUT2D eigenvalue weighted by atomic mass is 9.90. The van der Waals surface area contributed by atoms with Crippen LogP contribution >= 0.6 is 0 Å². The molecule has 0 bridgehead atoms. The zero-order valence-electron chi connectivity index (χ0n) is 10.9. The lowest BCUT2D eigenvalue weighted by molar-refractivity contribution is -0.274. The molecule has 20 heavy (non-hydrogen) atoms. The van der Waals surface area contributed by atoms with Gasteiger partial charge in [-0.25, -0.2) is 0 Å². The predicted octanol–water partition coefficient (Wildman–Crippen LogP) is 2.74. The molecule has 3 N–H and O–H groups in total. The van der Waals surface area contributed by atoms with Crippen LogP contribution in [0, 0.1) is 5.92 Å². The second kappa shape index (κ2) is 6.60. The lowest BCUT2D eigenvalue weighted by Gasteiger charge is -2.17. The summed E-state index contributed by atoms with van der Waals surface area (Å²) in [5.41, 5.74) is 6.10. The van der Waals surface area contributed by atoms with E-state index >= 15 is 0 Å². The molecule has 1 rings (SSSR count). The number of alkyl halides is 3. The number of rotatable bonds is 6. The van der Waals surface area contributed by atoms with Gasteiger partial charge in [0, 0.05) is 6.54 Å². The molecule has 2 atom stereocenters. The van der Waals surface area contributed by atoms with Crippen LogP contribution in [0.5, 0.6) is 5.75 Å². The van der Waals surface area contributed by atoms with Crippen LogP contribution < -0.4 is 10.5 Å². The summed E-state index contributed by atoms with van der Waals surface area (Å²) < 4.78 is 39.8. The van der Waals surface area contributed by atoms with Crippen molar-refractivity contribution in [1.82, 2.24) is 0 Å². The van der Waals surface area contributed by atoms with Crippen LogP contribution in [0.25, 0.3) is 0 Å². The molecule has 7 heteroatoms. The maximum absolute atomic E-state index is 12.0. The number of hydrogen-bond donors (Lipinski definition) is 2. The molecule has 4 nitrogen and oxygen atoms in total. The third-order valence-electron chi connectivity index (χ3n) is 2.95. The second-order valence-electron chi connectivity index (χ2n) is 4.52. The number of ether oxygens (including phenoxy) is 1. The van der Waals surface area contributed by atoms with Crippen LogP contribution in [0.4, 0.5) is 13.2 Å². The molecule has 112 valence electrons. The molecule has 0 aliphatic rings. The molecular formula is C13H16F3NO3. The van der Waals surface area contributed by atoms with Gasteiger partial charge in [-0.2, -0.15) is 0 Å². The predicted molar refractivity (Wildman–Crippen MR) is 66.3 cm³/mol. The highest BCUT2D eigenvalue weighted by atomic mass is 19.4. The van der Waals surface area contributed by atoms with E-state index in [9.17, 15) is 18.0 Å². The van der Waals surface area contributed by atoms with Gasteiger partial charge in [0.2, 0.25) is 0 Å². The van der Waals surface area contributed by atoms with Crippen molar-refractivity contribution >= 4 is 5.97 Å². The van der Waals surface area contributed by atoms with E-state index in [1.807, 2.05) is 0 Å². The number of carbonyl (C=O) groups is 1. The maximum Gasteiger partial charge on any atom is 0.573 e. The number of hydrogen-bond acceptors (Lipinski definition) is 3. The Morgan fingerprint density at radius 2 is 1.90 bits per heavy atom. The summed E-state index contributed by atoms with van der Waals surface area (Å²) in [6.45, 7) is 1.82. The molecule has 0 spiro atoms. The zero-order valence-corrected chi connectivity index (χ0v) is 10.9. The van der Waals surface area contributed by atoms with Gasteiger partial charge in [0.25, 0.3) is 0 Å². The Hall–Kier alpha value is -1.76. The van der Waals surface area contributed by atoms with Gasteiger partial charge >= 0.3 is 12.3 Å². The summed E-state index contributed by atoms with van der Waals surface area (Å²) in [5, 5.41) is 8.92. The first-order chi connectivity index (χ1) is 9.23. The molecule has 1 aromatic carbocycles. The van der Waals surface area contributed by atoms with E-state index < -0.39 is 18.2 Å². The summed E-state index contributed by atoms with van der Waals surface area (Å²) in [7, 11) is 0. The Bertz CT molecular complexity index is 445. The highest BCUT2D eigenvalue weighted by Gasteiger charge is 2.31. The topological polar surface area (TPSA) is 72.6 Å². The first-order valence-corrected chi connectivity index (χ1v) is 6.01. The smallest absolute Gasteiger partial charge is 0.481 e. The van der Waals surface area contributed by atoms with Crippen molar-refractivity contribution in [3.8, 4) is 5.75 Å². The lowest BCUT2D eigenvalue weighted by Crippen LogP contribution is -2.24. The molecule has 0 aliphatic carbocycles. The van der Waals surface area contributed by atoms with Crippen LogP contribution in [-0.4, -0.2) is 24.0 Å². The van der Waals surface area contributed by atoms with Crippen LogP contribution in [-0.2, 0) is 4.79 Å². The Morgan fingerprint density at radius 3 is 2.30 bits per heavy atom. The van der Waals surface area contributed by atoms with E-state index in [1.165, 1.54) is 24.3 Å². The summed E-state index contributed by atoms with van der Waals surface area (Å²) in [6.07, 6.45) is -4.40. The van der Waals surface area contributed by atoms with Crippen LogP contribution in [0.1, 0.15) is 24.8 Å². The summed E-state index contributed by atoms with van der Waals surface area (Å²) in [4.78, 5) is 10.9. The summed E-state index contributed by atoms with van der Waals surface area (Å²) >= 11 is 0. The fourth-order valence-electron chi connectivity index (χ4n) is 1.86. The molecular weight excluding hydrogens is 275 g/mol. The fraction of sp³-hybridized carbons (Fsp3) is 0.462. The molecule has 0 radical (unpaired) electrons. The van der Waals surface area contributed by atoms with Crippen LogP contribution in [0.2, 0.25) is 0 Å². The minimum Gasteiger partial charge on any atom is -0.481 e. The van der Waals surface area contributed by atoms with E-state index in [2.05, 4.69) is 4.74 Å². The second-order valence-corrected chi connectivity index (χ2v) is 4.52. The van der Waals surface area contributed by atoms with Crippen LogP contribution in [0.15, 0.2) is 24.3 Å². The van der Waals surface area contributed by atoms with E-state index in [0.29, 0.717) is 6.42 Å². The molecule has 0 amide bonds. The van der Waals surface area contributed by atoms with Gasteiger partial charge in [0.1, 0.15) is 5.75 Å². The van der Waals surface area contributed by atoms with Crippen molar-refractivity contribution < 1.29 is 27.8 Å². The Labute approximate surface area is 114 Å². The number of aliphatic carboxylic acids is 1. The van der Waals surface area contributed by atoms with Gasteiger partial charge in [0.05, 0.1) is 5.92 Å². The van der Waals surface area contributed by atoms with Crippen LogP contribution in [0.3, 0.4) is 0 Å². The largest absolute Gasteiger partial charge is 0.573 e. The SMILES string of the molecule is CC(CC(CN)C(=O)O)c1ccc(OC(F)(F)F)cc1. The van der Waals surface area contributed by atoms with Gasteiger partial charge < -0.3 is 15.6 Å². The number of benzene rings is 1. The van der Waals surface area contributed by atoms with Gasteiger partial charge in [-0.3, -0.25) is 4.79 Å². The van der Waals surface area contributed by atoms with Crippen molar-refractivity contribution in [2.45, 2.75) is 25.6 Å². The van der Waals surface area contributed by atoms with Crippen molar-refractivity contribution in [3.05, 3.63) is 29.8 Å². The number of nitrogens with two attached hydrogens (primary N) is 1. The third-order valence-corrected chi connectivity index (χ3v) is 2.95. The van der Waals surface area contributed by atoms with Crippen molar-refractivity contribution in [1.29, 1.82) is 0 Å². The number of carboxylic acid groups (broad SMARTS) is 1. The highest BCUT2D eigenvalue weighted by molar-refractivity contribution is 5.70. The Kier molecular flexibility index (Phi) is 5.38. The van der Waals surface area contributed by atoms with Crippen molar-refractivity contribution in [2.75, 3.05) is 6.54 Å². The van der Waals surface area contributed by atoms with Gasteiger partial charge in [0.15, 0.2) is 0 Å². The van der Waals surface area contributed by atoms with Crippen molar-refractivity contribution in [3.63, 3.8) is 0 Å². The Balaban J connectivity index is 2.70. The van der Waals surface area contributed by atoms with Crippen molar-refractivity contribution in [2.24, 2.45) is 11.7 Å². The average Bonchev–Trinajstić information content (AvgIpc) is 2.34. The molecule has 2 unspecified atom stereocenters. The number of carboxylic acids is 1. The molecule has 0 saturated carbocycles. The average molecular weight is 291 g/mol. The molecule has 0 saturated heterocycles. The summed E-state index contributed by atoms with van der Waals surface area (Å²) in [5.74, 6) is -2.07. The molecule has 1 aromatic rings. The maximum atomic E-state index is 12.0. The summed E-state index contributed by atoms with van der Waals surface area (Å²) in [6, 6.07) is 5.39. The van der Waals surface area contributed by atoms with E-state index in [0.717, 1.165) is 5.56 Å². The molecule has 0 aromatic heterocycles. The fourth-order valence-corrected chi connectivity index (χ4v) is 1.86. The normalized spacial score (nSPS) is 14.7. The van der Waals surface area contributed by atoms with Gasteiger partial charge in [-0.15, -0.1) is 13.2 Å². The highest BCUT2D eigenvalue weighted by Crippen LogP contribution is 2.27. The quantitative estimate of drug-likeness (QED) is 0.845. The zero-order chi connectivity index (χ0) is 15.3.